The quantitative estimate of drug-likeness (QED) is 0.504. The second kappa shape index (κ2) is 6.38. The summed E-state index contributed by atoms with van der Waals surface area (Å²) in [5, 5.41) is 8.85. The molecule has 4 N–H and O–H groups in total. The molecule has 0 aromatic carbocycles. The van der Waals surface area contributed by atoms with E-state index in [9.17, 15) is 13.2 Å². The molecule has 1 aromatic heterocycles. The number of nitrogens with zero attached hydrogens (tertiary/aromatic N) is 3. The minimum Gasteiger partial charge on any atom is -0.490 e. The van der Waals surface area contributed by atoms with Crippen molar-refractivity contribution in [3.63, 3.8) is 0 Å². The molecule has 0 saturated carbocycles. The molecular formula is C9H14F3N5O2. The van der Waals surface area contributed by atoms with E-state index in [0.29, 0.717) is 0 Å². The van der Waals surface area contributed by atoms with Crippen LogP contribution < -0.4 is 20.9 Å². The van der Waals surface area contributed by atoms with E-state index >= 15 is 0 Å². The van der Waals surface area contributed by atoms with E-state index in [1.807, 2.05) is 0 Å². The van der Waals surface area contributed by atoms with Crippen molar-refractivity contribution in [2.45, 2.75) is 6.18 Å². The Morgan fingerprint density at radius 3 is 2.63 bits per heavy atom. The molecule has 0 fully saturated rings. The van der Waals surface area contributed by atoms with Gasteiger partial charge in [0.05, 0.1) is 13.7 Å². The Bertz CT molecular complexity index is 415. The molecule has 0 amide bonds. The van der Waals surface area contributed by atoms with Crippen LogP contribution in [0.2, 0.25) is 0 Å². The van der Waals surface area contributed by atoms with Gasteiger partial charge in [-0.3, -0.25) is 0 Å². The first-order valence-corrected chi connectivity index (χ1v) is 5.21. The molecule has 0 atom stereocenters. The van der Waals surface area contributed by atoms with Crippen LogP contribution >= 0.6 is 0 Å². The Morgan fingerprint density at radius 2 is 2.16 bits per heavy atom. The van der Waals surface area contributed by atoms with Crippen LogP contribution in [0.3, 0.4) is 0 Å². The van der Waals surface area contributed by atoms with Crippen LogP contribution in [-0.4, -0.2) is 48.1 Å². The zero-order valence-electron chi connectivity index (χ0n) is 10.1. The number of nitrogens with one attached hydrogen (secondary N) is 1. The maximum atomic E-state index is 12.5. The van der Waals surface area contributed by atoms with Gasteiger partial charge in [0.2, 0.25) is 5.75 Å². The smallest absolute Gasteiger partial charge is 0.405 e. The number of hydrogen-bond donors (Lipinski definition) is 3. The van der Waals surface area contributed by atoms with Crippen molar-refractivity contribution in [1.82, 2.24) is 9.97 Å². The maximum Gasteiger partial charge on any atom is 0.405 e. The third kappa shape index (κ3) is 4.10. The monoisotopic (exact) mass is 281 g/mol. The Balaban J connectivity index is 3.14. The number of aliphatic hydroxyl groups excluding tert-OH is 1. The van der Waals surface area contributed by atoms with E-state index in [1.54, 1.807) is 0 Å². The lowest BCUT2D eigenvalue weighted by Crippen LogP contribution is -2.37. The summed E-state index contributed by atoms with van der Waals surface area (Å²) in [6.07, 6.45) is -3.39. The number of methoxy groups -OCH3 is 1. The summed E-state index contributed by atoms with van der Waals surface area (Å²) in [5.41, 5.74) is 2.20. The standard InChI is InChI=1S/C9H14F3N5O2/c1-19-6-7(16-13)14-5-15-8(6)17(2-3-18)4-9(10,11)12/h5,18H,2-4,13H2,1H3,(H,14,15,16). The lowest BCUT2D eigenvalue weighted by atomic mass is 10.4. The van der Waals surface area contributed by atoms with E-state index in [4.69, 9.17) is 15.7 Å². The minimum absolute atomic E-state index is 0.0253. The van der Waals surface area contributed by atoms with Gasteiger partial charge < -0.3 is 20.2 Å². The van der Waals surface area contributed by atoms with Crippen molar-refractivity contribution in [3.05, 3.63) is 6.33 Å². The van der Waals surface area contributed by atoms with Gasteiger partial charge in [-0.25, -0.2) is 15.8 Å². The molecule has 1 heterocycles. The van der Waals surface area contributed by atoms with Crippen molar-refractivity contribution < 1.29 is 23.0 Å². The number of anilines is 2. The van der Waals surface area contributed by atoms with Crippen molar-refractivity contribution in [1.29, 1.82) is 0 Å². The van der Waals surface area contributed by atoms with E-state index in [2.05, 4.69) is 15.4 Å². The number of nitrogens with two attached hydrogens (primary N) is 1. The lowest BCUT2D eigenvalue weighted by molar-refractivity contribution is -0.120. The predicted octanol–water partition coefficient (Wildman–Crippen LogP) is 0.132. The Labute approximate surface area is 107 Å². The summed E-state index contributed by atoms with van der Waals surface area (Å²) in [6, 6.07) is 0. The van der Waals surface area contributed by atoms with Crippen molar-refractivity contribution >= 4 is 11.6 Å². The number of aliphatic hydroxyl groups is 1. The molecule has 1 rings (SSSR count). The van der Waals surface area contributed by atoms with Gasteiger partial charge in [0.1, 0.15) is 12.9 Å². The Hall–Kier alpha value is -1.81. The molecule has 0 bridgehead atoms. The summed E-state index contributed by atoms with van der Waals surface area (Å²) >= 11 is 0. The first-order chi connectivity index (χ1) is 8.92. The van der Waals surface area contributed by atoms with Gasteiger partial charge in [-0.2, -0.15) is 13.2 Å². The van der Waals surface area contributed by atoms with Crippen LogP contribution in [0.25, 0.3) is 0 Å². The predicted molar refractivity (Wildman–Crippen MR) is 61.7 cm³/mol. The van der Waals surface area contributed by atoms with E-state index < -0.39 is 19.3 Å². The van der Waals surface area contributed by atoms with Gasteiger partial charge in [-0.05, 0) is 0 Å². The zero-order chi connectivity index (χ0) is 14.5. The Kier molecular flexibility index (Phi) is 5.12. The second-order valence-corrected chi connectivity index (χ2v) is 3.48. The first kappa shape index (κ1) is 15.2. The number of hydrogen-bond acceptors (Lipinski definition) is 7. The van der Waals surface area contributed by atoms with Crippen molar-refractivity contribution in [3.8, 4) is 5.75 Å². The average molecular weight is 281 g/mol. The van der Waals surface area contributed by atoms with E-state index in [-0.39, 0.29) is 23.9 Å². The molecule has 108 valence electrons. The maximum absolute atomic E-state index is 12.5. The molecule has 0 spiro atoms. The number of halogens is 3. The summed E-state index contributed by atoms with van der Waals surface area (Å²) in [5.74, 6) is 5.11. The van der Waals surface area contributed by atoms with Crippen LogP contribution in [0.15, 0.2) is 6.33 Å². The van der Waals surface area contributed by atoms with Crippen LogP contribution in [0, 0.1) is 0 Å². The van der Waals surface area contributed by atoms with Gasteiger partial charge >= 0.3 is 6.18 Å². The highest BCUT2D eigenvalue weighted by molar-refractivity contribution is 5.64. The topological polar surface area (TPSA) is 96.5 Å². The Morgan fingerprint density at radius 1 is 1.47 bits per heavy atom. The largest absolute Gasteiger partial charge is 0.490 e. The second-order valence-electron chi connectivity index (χ2n) is 3.48. The summed E-state index contributed by atoms with van der Waals surface area (Å²) in [4.78, 5) is 8.30. The van der Waals surface area contributed by atoms with Crippen molar-refractivity contribution in [2.24, 2.45) is 5.84 Å². The first-order valence-electron chi connectivity index (χ1n) is 5.21. The highest BCUT2D eigenvalue weighted by Gasteiger charge is 2.32. The molecule has 0 aliphatic heterocycles. The van der Waals surface area contributed by atoms with Gasteiger partial charge in [-0.1, -0.05) is 0 Å². The van der Waals surface area contributed by atoms with E-state index in [1.165, 1.54) is 7.11 Å². The molecule has 0 saturated heterocycles. The fourth-order valence-corrected chi connectivity index (χ4v) is 1.48. The summed E-state index contributed by atoms with van der Waals surface area (Å²) in [7, 11) is 1.26. The highest BCUT2D eigenvalue weighted by atomic mass is 19.4. The zero-order valence-corrected chi connectivity index (χ0v) is 10.1. The van der Waals surface area contributed by atoms with Crippen LogP contribution in [0.1, 0.15) is 0 Å². The van der Waals surface area contributed by atoms with Gasteiger partial charge in [-0.15, -0.1) is 0 Å². The highest BCUT2D eigenvalue weighted by Crippen LogP contribution is 2.32. The minimum atomic E-state index is -4.44. The SMILES string of the molecule is COc1c(NN)ncnc1N(CCO)CC(F)(F)F. The number of hydrazine groups is 1. The number of nitrogen functional groups attached to an aromatic ring is 1. The average Bonchev–Trinajstić information content (AvgIpc) is 2.35. The number of aromatic nitrogens is 2. The normalized spacial score (nSPS) is 11.3. The number of alkyl halides is 3. The van der Waals surface area contributed by atoms with Crippen LogP contribution in [0.5, 0.6) is 5.75 Å². The van der Waals surface area contributed by atoms with Crippen LogP contribution in [0.4, 0.5) is 24.8 Å². The fourth-order valence-electron chi connectivity index (χ4n) is 1.48. The fraction of sp³-hybridized carbons (Fsp3) is 0.556. The molecule has 0 aliphatic carbocycles. The van der Waals surface area contributed by atoms with Gasteiger partial charge in [0, 0.05) is 6.54 Å². The summed E-state index contributed by atoms with van der Waals surface area (Å²) < 4.78 is 42.4. The molecular weight excluding hydrogens is 267 g/mol. The molecule has 0 unspecified atom stereocenters. The van der Waals surface area contributed by atoms with Gasteiger partial charge in [0.25, 0.3) is 0 Å². The molecule has 7 nitrogen and oxygen atoms in total. The third-order valence-corrected chi connectivity index (χ3v) is 2.17. The van der Waals surface area contributed by atoms with E-state index in [0.717, 1.165) is 11.2 Å². The molecule has 10 heteroatoms. The lowest BCUT2D eigenvalue weighted by Gasteiger charge is -2.25. The molecule has 19 heavy (non-hydrogen) atoms. The van der Waals surface area contributed by atoms with Crippen LogP contribution in [-0.2, 0) is 0 Å². The number of ether oxygens (including phenoxy) is 1. The van der Waals surface area contributed by atoms with Crippen molar-refractivity contribution in [2.75, 3.05) is 37.1 Å². The molecule has 1 aromatic rings. The number of rotatable bonds is 6. The summed E-state index contributed by atoms with van der Waals surface area (Å²) in [6.45, 7) is -1.99. The van der Waals surface area contributed by atoms with Gasteiger partial charge in [0.15, 0.2) is 11.6 Å². The molecule has 0 aliphatic rings. The third-order valence-electron chi connectivity index (χ3n) is 2.17. The molecule has 0 radical (unpaired) electrons.